The van der Waals surface area contributed by atoms with Gasteiger partial charge in [0.05, 0.1) is 23.6 Å². The minimum absolute atomic E-state index is 0.385. The van der Waals surface area contributed by atoms with E-state index in [2.05, 4.69) is 15.3 Å². The molecule has 1 aliphatic carbocycles. The van der Waals surface area contributed by atoms with E-state index in [0.717, 1.165) is 17.3 Å². The fraction of sp³-hybridized carbons (Fsp3) is 0.636. The van der Waals surface area contributed by atoms with E-state index in [1.807, 2.05) is 26.4 Å². The van der Waals surface area contributed by atoms with E-state index < -0.39 is 0 Å². The molecule has 1 fully saturated rings. The van der Waals surface area contributed by atoms with Gasteiger partial charge in [0.1, 0.15) is 0 Å². The first-order valence-electron chi connectivity index (χ1n) is 5.25. The highest BCUT2D eigenvalue weighted by Gasteiger charge is 2.26. The van der Waals surface area contributed by atoms with Crippen LogP contribution in [0.4, 0.5) is 0 Å². The van der Waals surface area contributed by atoms with Crippen molar-refractivity contribution in [3.8, 4) is 0 Å². The summed E-state index contributed by atoms with van der Waals surface area (Å²) < 4.78 is 0. The molecule has 0 aliphatic heterocycles. The van der Waals surface area contributed by atoms with E-state index >= 15 is 0 Å². The molecule has 1 heterocycles. The van der Waals surface area contributed by atoms with Crippen molar-refractivity contribution in [3.05, 3.63) is 23.8 Å². The molecular weight excluding hydrogens is 174 g/mol. The van der Waals surface area contributed by atoms with Gasteiger partial charge in [0, 0.05) is 6.20 Å². The lowest BCUT2D eigenvalue weighted by Crippen LogP contribution is -2.18. The Morgan fingerprint density at radius 1 is 1.43 bits per heavy atom. The second-order valence-corrected chi connectivity index (χ2v) is 4.10. The topological polar surface area (TPSA) is 37.8 Å². The Kier molecular flexibility index (Phi) is 2.77. The van der Waals surface area contributed by atoms with Crippen LogP contribution >= 0.6 is 0 Å². The summed E-state index contributed by atoms with van der Waals surface area (Å²) in [4.78, 5) is 8.68. The second-order valence-electron chi connectivity index (χ2n) is 4.10. The Hall–Kier alpha value is -0.960. The van der Waals surface area contributed by atoms with Gasteiger partial charge in [-0.05, 0) is 26.3 Å². The SMILES string of the molecule is CNC(CC1CC1)c1cnc(C)cn1. The standard InChI is InChI=1S/C11H17N3/c1-8-6-14-11(7-13-8)10(12-2)5-9-3-4-9/h6-7,9-10,12H,3-5H2,1-2H3. The lowest BCUT2D eigenvalue weighted by molar-refractivity contribution is 0.501. The molecule has 1 unspecified atom stereocenters. The minimum Gasteiger partial charge on any atom is -0.312 e. The van der Waals surface area contributed by atoms with Crippen LogP contribution in [-0.2, 0) is 0 Å². The first-order valence-corrected chi connectivity index (χ1v) is 5.25. The van der Waals surface area contributed by atoms with Crippen LogP contribution in [-0.4, -0.2) is 17.0 Å². The molecule has 0 amide bonds. The van der Waals surface area contributed by atoms with Crippen LogP contribution in [0.15, 0.2) is 12.4 Å². The normalized spacial score (nSPS) is 18.1. The van der Waals surface area contributed by atoms with Crippen LogP contribution in [0.1, 0.15) is 36.7 Å². The molecule has 3 heteroatoms. The summed E-state index contributed by atoms with van der Waals surface area (Å²) in [5.41, 5.74) is 2.06. The van der Waals surface area contributed by atoms with Gasteiger partial charge in [-0.25, -0.2) is 0 Å². The van der Waals surface area contributed by atoms with Crippen LogP contribution in [0.5, 0.6) is 0 Å². The summed E-state index contributed by atoms with van der Waals surface area (Å²) >= 11 is 0. The molecule has 1 saturated carbocycles. The molecular formula is C11H17N3. The fourth-order valence-electron chi connectivity index (χ4n) is 1.66. The number of nitrogens with zero attached hydrogens (tertiary/aromatic N) is 2. The molecule has 1 atom stereocenters. The van der Waals surface area contributed by atoms with Gasteiger partial charge in [-0.15, -0.1) is 0 Å². The van der Waals surface area contributed by atoms with Crippen LogP contribution < -0.4 is 5.32 Å². The van der Waals surface area contributed by atoms with Gasteiger partial charge in [0.15, 0.2) is 0 Å². The van der Waals surface area contributed by atoms with Crippen LogP contribution in [0.25, 0.3) is 0 Å². The first-order chi connectivity index (χ1) is 6.79. The summed E-state index contributed by atoms with van der Waals surface area (Å²) in [6, 6.07) is 0.385. The molecule has 0 bridgehead atoms. The fourth-order valence-corrected chi connectivity index (χ4v) is 1.66. The van der Waals surface area contributed by atoms with Crippen molar-refractivity contribution in [2.24, 2.45) is 5.92 Å². The number of nitrogens with one attached hydrogen (secondary N) is 1. The molecule has 0 spiro atoms. The van der Waals surface area contributed by atoms with Crippen molar-refractivity contribution < 1.29 is 0 Å². The first kappa shape index (κ1) is 9.59. The Labute approximate surface area is 85.0 Å². The van der Waals surface area contributed by atoms with Gasteiger partial charge in [-0.1, -0.05) is 12.8 Å². The third-order valence-electron chi connectivity index (χ3n) is 2.77. The Morgan fingerprint density at radius 2 is 2.21 bits per heavy atom. The molecule has 1 N–H and O–H groups in total. The Balaban J connectivity index is 2.05. The lowest BCUT2D eigenvalue weighted by atomic mass is 10.1. The average Bonchev–Trinajstić information content (AvgIpc) is 3.00. The van der Waals surface area contributed by atoms with Crippen molar-refractivity contribution >= 4 is 0 Å². The molecule has 0 saturated heterocycles. The summed E-state index contributed by atoms with van der Waals surface area (Å²) in [6.07, 6.45) is 7.70. The highest BCUT2D eigenvalue weighted by molar-refractivity contribution is 5.06. The van der Waals surface area contributed by atoms with E-state index in [1.165, 1.54) is 19.3 Å². The largest absolute Gasteiger partial charge is 0.312 e. The maximum absolute atomic E-state index is 4.41. The highest BCUT2D eigenvalue weighted by Crippen LogP contribution is 2.36. The van der Waals surface area contributed by atoms with Gasteiger partial charge in [-0.3, -0.25) is 9.97 Å². The van der Waals surface area contributed by atoms with Crippen molar-refractivity contribution in [3.63, 3.8) is 0 Å². The molecule has 76 valence electrons. The molecule has 1 aromatic heterocycles. The number of aromatic nitrogens is 2. The number of aryl methyl sites for hydroxylation is 1. The zero-order valence-electron chi connectivity index (χ0n) is 8.83. The average molecular weight is 191 g/mol. The summed E-state index contributed by atoms with van der Waals surface area (Å²) in [5.74, 6) is 0.913. The molecule has 0 radical (unpaired) electrons. The van der Waals surface area contributed by atoms with Gasteiger partial charge in [0.25, 0.3) is 0 Å². The van der Waals surface area contributed by atoms with Gasteiger partial charge >= 0.3 is 0 Å². The maximum atomic E-state index is 4.41. The maximum Gasteiger partial charge on any atom is 0.0756 e. The van der Waals surface area contributed by atoms with Crippen molar-refractivity contribution in [1.29, 1.82) is 0 Å². The third kappa shape index (κ3) is 2.29. The van der Waals surface area contributed by atoms with Gasteiger partial charge in [-0.2, -0.15) is 0 Å². The number of rotatable bonds is 4. The monoisotopic (exact) mass is 191 g/mol. The van der Waals surface area contributed by atoms with Crippen molar-refractivity contribution in [2.45, 2.75) is 32.2 Å². The third-order valence-corrected chi connectivity index (χ3v) is 2.77. The predicted molar refractivity (Wildman–Crippen MR) is 55.9 cm³/mol. The van der Waals surface area contributed by atoms with Crippen molar-refractivity contribution in [1.82, 2.24) is 15.3 Å². The highest BCUT2D eigenvalue weighted by atomic mass is 14.9. The van der Waals surface area contributed by atoms with Crippen LogP contribution in [0.2, 0.25) is 0 Å². The van der Waals surface area contributed by atoms with E-state index in [-0.39, 0.29) is 0 Å². The predicted octanol–water partition coefficient (Wildman–Crippen LogP) is 1.85. The summed E-state index contributed by atoms with van der Waals surface area (Å²) in [6.45, 7) is 1.96. The molecule has 3 nitrogen and oxygen atoms in total. The molecule has 2 rings (SSSR count). The molecule has 0 aromatic carbocycles. The van der Waals surface area contributed by atoms with Gasteiger partial charge in [0.2, 0.25) is 0 Å². The second kappa shape index (κ2) is 4.05. The van der Waals surface area contributed by atoms with E-state index in [9.17, 15) is 0 Å². The minimum atomic E-state index is 0.385. The van der Waals surface area contributed by atoms with E-state index in [0.29, 0.717) is 6.04 Å². The zero-order valence-corrected chi connectivity index (χ0v) is 8.83. The Morgan fingerprint density at radius 3 is 2.71 bits per heavy atom. The smallest absolute Gasteiger partial charge is 0.0756 e. The number of hydrogen-bond donors (Lipinski definition) is 1. The summed E-state index contributed by atoms with van der Waals surface area (Å²) in [7, 11) is 1.99. The van der Waals surface area contributed by atoms with Crippen LogP contribution in [0, 0.1) is 12.8 Å². The van der Waals surface area contributed by atoms with Gasteiger partial charge < -0.3 is 5.32 Å². The van der Waals surface area contributed by atoms with E-state index in [4.69, 9.17) is 0 Å². The Bertz CT molecular complexity index is 290. The number of hydrogen-bond acceptors (Lipinski definition) is 3. The van der Waals surface area contributed by atoms with E-state index in [1.54, 1.807) is 0 Å². The molecule has 1 aromatic rings. The zero-order chi connectivity index (χ0) is 9.97. The summed E-state index contributed by atoms with van der Waals surface area (Å²) in [5, 5.41) is 3.31. The lowest BCUT2D eigenvalue weighted by Gasteiger charge is -2.14. The molecule has 14 heavy (non-hydrogen) atoms. The molecule has 1 aliphatic rings. The van der Waals surface area contributed by atoms with Crippen molar-refractivity contribution in [2.75, 3.05) is 7.05 Å². The quantitative estimate of drug-likeness (QED) is 0.789. The van der Waals surface area contributed by atoms with Crippen LogP contribution in [0.3, 0.4) is 0 Å².